The Morgan fingerprint density at radius 2 is 1.98 bits per heavy atom. The van der Waals surface area contributed by atoms with Crippen LogP contribution in [0.5, 0.6) is 0 Å². The Bertz CT molecular complexity index is 1660. The minimum Gasteiger partial charge on any atom is -0.460 e. The summed E-state index contributed by atoms with van der Waals surface area (Å²) in [6, 6.07) is 3.01. The number of nitrogens with one attached hydrogen (secondary N) is 1. The molecule has 1 amide bonds. The van der Waals surface area contributed by atoms with Crippen LogP contribution in [0.4, 0.5) is 4.39 Å². The molecule has 0 radical (unpaired) electrons. The summed E-state index contributed by atoms with van der Waals surface area (Å²) in [6.45, 7) is 4.96. The molecule has 3 aliphatic heterocycles. The standard InChI is InChI=1S/C30H30FN3O6/c1-3-15-17-10-23-28-18(12-34(23)29(36)19(17)13-40-30(15)37)27-21(32-24(35)6-7-25-38-8-9-39-25)5-4-16-14(2)20(31)11-22(33-28)26(16)27/h10-11,15,21,25H,3-9,12-13H2,1-2H3,(H,32,35). The highest BCUT2D eigenvalue weighted by Gasteiger charge is 2.37. The maximum Gasteiger partial charge on any atom is 0.313 e. The molecule has 40 heavy (non-hydrogen) atoms. The van der Waals surface area contributed by atoms with Crippen molar-refractivity contribution in [2.45, 2.75) is 77.4 Å². The van der Waals surface area contributed by atoms with Crippen LogP contribution in [0.25, 0.3) is 22.3 Å². The number of hydrogen-bond donors (Lipinski definition) is 1. The van der Waals surface area contributed by atoms with Crippen molar-refractivity contribution in [1.82, 2.24) is 14.9 Å². The van der Waals surface area contributed by atoms with E-state index >= 15 is 4.39 Å². The summed E-state index contributed by atoms with van der Waals surface area (Å²) in [4.78, 5) is 44.1. The first-order valence-electron chi connectivity index (χ1n) is 14.0. The lowest BCUT2D eigenvalue weighted by molar-refractivity contribution is -0.148. The molecular formula is C30H30FN3O6. The molecule has 4 aliphatic rings. The molecule has 3 aromatic rings. The van der Waals surface area contributed by atoms with Crippen LogP contribution in [0, 0.1) is 12.7 Å². The number of carbonyl (C=O) groups excluding carboxylic acids is 2. The largest absolute Gasteiger partial charge is 0.460 e. The third-order valence-electron chi connectivity index (χ3n) is 8.83. The van der Waals surface area contributed by atoms with Crippen molar-refractivity contribution < 1.29 is 28.2 Å². The quantitative estimate of drug-likeness (QED) is 0.380. The molecular weight excluding hydrogens is 517 g/mol. The van der Waals surface area contributed by atoms with Gasteiger partial charge in [-0.3, -0.25) is 14.4 Å². The first kappa shape index (κ1) is 25.3. The van der Waals surface area contributed by atoms with Gasteiger partial charge in [-0.05, 0) is 54.5 Å². The monoisotopic (exact) mass is 547 g/mol. The first-order chi connectivity index (χ1) is 19.4. The third-order valence-corrected chi connectivity index (χ3v) is 8.83. The zero-order chi connectivity index (χ0) is 27.7. The predicted octanol–water partition coefficient (Wildman–Crippen LogP) is 3.68. The van der Waals surface area contributed by atoms with Gasteiger partial charge in [0, 0.05) is 29.9 Å². The summed E-state index contributed by atoms with van der Waals surface area (Å²) in [5.74, 6) is -1.29. The smallest absolute Gasteiger partial charge is 0.313 e. The normalized spacial score (nSPS) is 21.2. The van der Waals surface area contributed by atoms with Gasteiger partial charge >= 0.3 is 5.97 Å². The van der Waals surface area contributed by atoms with E-state index in [9.17, 15) is 14.4 Å². The van der Waals surface area contributed by atoms with E-state index in [1.807, 2.05) is 13.0 Å². The third kappa shape index (κ3) is 3.80. The van der Waals surface area contributed by atoms with Crippen LogP contribution in [0.3, 0.4) is 0 Å². The number of rotatable bonds is 5. The highest BCUT2D eigenvalue weighted by molar-refractivity contribution is 5.93. The SMILES string of the molecule is CCC1C(=O)OCc2c1cc1n(c2=O)Cc2c-1nc1cc(F)c(C)c3c1c2C(NC(=O)CCC1OCCO1)CC3. The van der Waals surface area contributed by atoms with Gasteiger partial charge in [-0.25, -0.2) is 9.37 Å². The maximum atomic E-state index is 15.0. The lowest BCUT2D eigenvalue weighted by atomic mass is 9.81. The van der Waals surface area contributed by atoms with Gasteiger partial charge in [0.2, 0.25) is 5.91 Å². The van der Waals surface area contributed by atoms with Crippen molar-refractivity contribution in [3.8, 4) is 11.4 Å². The van der Waals surface area contributed by atoms with Crippen molar-refractivity contribution >= 4 is 22.8 Å². The predicted molar refractivity (Wildman–Crippen MR) is 142 cm³/mol. The number of benzene rings is 1. The Hall–Kier alpha value is -3.63. The fraction of sp³-hybridized carbons (Fsp3) is 0.467. The number of hydrogen-bond acceptors (Lipinski definition) is 7. The topological polar surface area (TPSA) is 109 Å². The van der Waals surface area contributed by atoms with Gasteiger partial charge in [-0.15, -0.1) is 0 Å². The van der Waals surface area contributed by atoms with E-state index in [-0.39, 0.29) is 55.2 Å². The number of ether oxygens (including phenoxy) is 3. The Morgan fingerprint density at radius 3 is 2.75 bits per heavy atom. The summed E-state index contributed by atoms with van der Waals surface area (Å²) in [5, 5.41) is 4.06. The Kier molecular flexibility index (Phi) is 6.01. The second-order valence-corrected chi connectivity index (χ2v) is 11.0. The van der Waals surface area contributed by atoms with Gasteiger partial charge in [0.25, 0.3) is 5.56 Å². The van der Waals surface area contributed by atoms with Crippen molar-refractivity contribution in [3.63, 3.8) is 0 Å². The van der Waals surface area contributed by atoms with Gasteiger partial charge in [-0.2, -0.15) is 0 Å². The molecule has 7 rings (SSSR count). The number of carbonyl (C=O) groups is 2. The van der Waals surface area contributed by atoms with Gasteiger partial charge in [0.05, 0.1) is 54.2 Å². The molecule has 0 saturated carbocycles. The van der Waals surface area contributed by atoms with Crippen LogP contribution in [-0.4, -0.2) is 40.9 Å². The van der Waals surface area contributed by atoms with Gasteiger partial charge in [0.1, 0.15) is 12.4 Å². The van der Waals surface area contributed by atoms with Gasteiger partial charge in [-0.1, -0.05) is 6.92 Å². The number of aryl methyl sites for hydroxylation is 1. The summed E-state index contributed by atoms with van der Waals surface area (Å²) in [5.41, 5.74) is 5.90. The van der Waals surface area contributed by atoms with E-state index in [2.05, 4.69) is 5.32 Å². The van der Waals surface area contributed by atoms with Crippen molar-refractivity contribution in [2.24, 2.45) is 0 Å². The van der Waals surface area contributed by atoms with Crippen molar-refractivity contribution in [3.05, 3.63) is 61.7 Å². The number of fused-ring (bicyclic) bond motifs is 5. The van der Waals surface area contributed by atoms with Crippen LogP contribution in [-0.2, 0) is 43.4 Å². The van der Waals surface area contributed by atoms with Crippen LogP contribution in [0.1, 0.15) is 77.9 Å². The van der Waals surface area contributed by atoms with E-state index < -0.39 is 5.92 Å². The molecule has 208 valence electrons. The molecule has 9 nitrogen and oxygen atoms in total. The minimum atomic E-state index is -0.517. The molecule has 2 atom stereocenters. The zero-order valence-electron chi connectivity index (χ0n) is 22.5. The Morgan fingerprint density at radius 1 is 1.18 bits per heavy atom. The Labute approximate surface area is 229 Å². The highest BCUT2D eigenvalue weighted by atomic mass is 19.1. The lowest BCUT2D eigenvalue weighted by Crippen LogP contribution is -2.33. The van der Waals surface area contributed by atoms with E-state index in [0.29, 0.717) is 72.5 Å². The van der Waals surface area contributed by atoms with Crippen LogP contribution in [0.15, 0.2) is 16.9 Å². The molecule has 0 spiro atoms. The molecule has 1 N–H and O–H groups in total. The number of pyridine rings is 2. The summed E-state index contributed by atoms with van der Waals surface area (Å²) < 4.78 is 33.0. The summed E-state index contributed by atoms with van der Waals surface area (Å²) in [6.07, 6.45) is 2.08. The van der Waals surface area contributed by atoms with E-state index in [1.165, 1.54) is 6.07 Å². The van der Waals surface area contributed by atoms with Gasteiger partial charge in [0.15, 0.2) is 6.29 Å². The van der Waals surface area contributed by atoms with E-state index in [4.69, 9.17) is 19.2 Å². The molecule has 1 aromatic carbocycles. The van der Waals surface area contributed by atoms with Crippen molar-refractivity contribution in [1.29, 1.82) is 0 Å². The number of nitrogens with zero attached hydrogens (tertiary/aromatic N) is 2. The fourth-order valence-electron chi connectivity index (χ4n) is 6.81. The Balaban J connectivity index is 1.36. The van der Waals surface area contributed by atoms with Crippen LogP contribution >= 0.6 is 0 Å². The minimum absolute atomic E-state index is 0.0515. The van der Waals surface area contributed by atoms with Crippen molar-refractivity contribution in [2.75, 3.05) is 13.2 Å². The first-order valence-corrected chi connectivity index (χ1v) is 14.0. The summed E-state index contributed by atoms with van der Waals surface area (Å²) >= 11 is 0. The maximum absolute atomic E-state index is 15.0. The van der Waals surface area contributed by atoms with E-state index in [0.717, 1.165) is 22.1 Å². The molecule has 2 unspecified atom stereocenters. The molecule has 1 fully saturated rings. The molecule has 5 heterocycles. The fourth-order valence-corrected chi connectivity index (χ4v) is 6.81. The summed E-state index contributed by atoms with van der Waals surface area (Å²) in [7, 11) is 0. The van der Waals surface area contributed by atoms with E-state index in [1.54, 1.807) is 11.5 Å². The molecule has 1 saturated heterocycles. The molecule has 1 aliphatic carbocycles. The number of aromatic nitrogens is 2. The average Bonchev–Trinajstić information content (AvgIpc) is 3.59. The zero-order valence-corrected chi connectivity index (χ0v) is 22.5. The molecule has 10 heteroatoms. The van der Waals surface area contributed by atoms with Gasteiger partial charge < -0.3 is 24.1 Å². The number of halogens is 1. The second kappa shape index (κ2) is 9.49. The molecule has 2 aromatic heterocycles. The average molecular weight is 548 g/mol. The highest BCUT2D eigenvalue weighted by Crippen LogP contribution is 2.45. The molecule has 0 bridgehead atoms. The van der Waals surface area contributed by atoms with Crippen LogP contribution in [0.2, 0.25) is 0 Å². The number of amides is 1. The number of esters is 1. The number of cyclic esters (lactones) is 1. The lowest BCUT2D eigenvalue weighted by Gasteiger charge is -2.30. The second-order valence-electron chi connectivity index (χ2n) is 11.0. The van der Waals surface area contributed by atoms with Crippen LogP contribution < -0.4 is 10.9 Å².